The molecule has 1 aromatic heterocycles. The average Bonchev–Trinajstić information content (AvgIpc) is 3.03. The van der Waals surface area contributed by atoms with Gasteiger partial charge in [0.25, 0.3) is 0 Å². The number of piperazine rings is 1. The Balaban J connectivity index is 1.73. The first kappa shape index (κ1) is 17.4. The van der Waals surface area contributed by atoms with Gasteiger partial charge >= 0.3 is 6.09 Å². The highest BCUT2D eigenvalue weighted by atomic mass is 16.6. The molecular weight excluding hydrogens is 350 g/mol. The quantitative estimate of drug-likeness (QED) is 0.863. The van der Waals surface area contributed by atoms with Crippen molar-refractivity contribution < 1.29 is 19.0 Å². The normalized spacial score (nSPS) is 22.0. The molecule has 2 N–H and O–H groups in total. The molecule has 2 aliphatic heterocycles. The Morgan fingerprint density at radius 2 is 1.96 bits per heavy atom. The number of carbonyl (C=O) groups is 1. The van der Waals surface area contributed by atoms with E-state index in [9.17, 15) is 4.79 Å². The SMILES string of the molecule is CCC12COC(=O)N1CCN(c1nc(N)c3cc(OC)c(OC)cc3n1)C2. The van der Waals surface area contributed by atoms with E-state index in [0.29, 0.717) is 60.4 Å². The van der Waals surface area contributed by atoms with E-state index in [2.05, 4.69) is 16.8 Å². The second-order valence-electron chi connectivity index (χ2n) is 6.84. The van der Waals surface area contributed by atoms with Gasteiger partial charge in [-0.3, -0.25) is 4.90 Å². The molecule has 0 spiro atoms. The van der Waals surface area contributed by atoms with Crippen LogP contribution in [0.25, 0.3) is 10.9 Å². The number of carbonyl (C=O) groups excluding carboxylic acids is 1. The lowest BCUT2D eigenvalue weighted by atomic mass is 9.93. The van der Waals surface area contributed by atoms with Gasteiger partial charge in [-0.1, -0.05) is 6.92 Å². The van der Waals surface area contributed by atoms with E-state index in [-0.39, 0.29) is 11.6 Å². The minimum atomic E-state index is -0.347. The van der Waals surface area contributed by atoms with Crippen molar-refractivity contribution in [1.29, 1.82) is 0 Å². The lowest BCUT2D eigenvalue weighted by molar-refractivity contribution is 0.137. The highest BCUT2D eigenvalue weighted by molar-refractivity contribution is 5.91. The number of hydrogen-bond donors (Lipinski definition) is 1. The van der Waals surface area contributed by atoms with E-state index in [1.54, 1.807) is 26.4 Å². The van der Waals surface area contributed by atoms with E-state index in [1.807, 2.05) is 4.90 Å². The van der Waals surface area contributed by atoms with Crippen molar-refractivity contribution in [2.75, 3.05) is 51.1 Å². The molecule has 2 aliphatic rings. The van der Waals surface area contributed by atoms with E-state index < -0.39 is 0 Å². The number of nitrogen functional groups attached to an aromatic ring is 1. The Kier molecular flexibility index (Phi) is 4.09. The first-order chi connectivity index (χ1) is 13.0. The van der Waals surface area contributed by atoms with Gasteiger partial charge in [0, 0.05) is 31.1 Å². The fraction of sp³-hybridized carbons (Fsp3) is 0.500. The Labute approximate surface area is 157 Å². The molecule has 1 unspecified atom stereocenters. The lowest BCUT2D eigenvalue weighted by Gasteiger charge is -2.44. The number of cyclic esters (lactones) is 1. The molecule has 0 bridgehead atoms. The van der Waals surface area contributed by atoms with Crippen LogP contribution in [0, 0.1) is 0 Å². The summed E-state index contributed by atoms with van der Waals surface area (Å²) in [5.74, 6) is 2.08. The fourth-order valence-electron chi connectivity index (χ4n) is 3.84. The smallest absolute Gasteiger partial charge is 0.410 e. The number of methoxy groups -OCH3 is 2. The summed E-state index contributed by atoms with van der Waals surface area (Å²) in [6, 6.07) is 3.58. The minimum Gasteiger partial charge on any atom is -0.493 e. The Morgan fingerprint density at radius 1 is 1.22 bits per heavy atom. The van der Waals surface area contributed by atoms with Crippen molar-refractivity contribution >= 4 is 28.8 Å². The summed E-state index contributed by atoms with van der Waals surface area (Å²) in [5, 5.41) is 0.708. The van der Waals surface area contributed by atoms with Gasteiger partial charge in [-0.2, -0.15) is 4.98 Å². The number of nitrogens with two attached hydrogens (primary N) is 1. The molecule has 2 saturated heterocycles. The van der Waals surface area contributed by atoms with Gasteiger partial charge < -0.3 is 24.8 Å². The summed E-state index contributed by atoms with van der Waals surface area (Å²) in [6.45, 7) is 4.24. The zero-order valence-electron chi connectivity index (χ0n) is 15.7. The van der Waals surface area contributed by atoms with Gasteiger partial charge in [0.2, 0.25) is 5.95 Å². The summed E-state index contributed by atoms with van der Waals surface area (Å²) in [5.41, 5.74) is 6.54. The maximum absolute atomic E-state index is 12.0. The summed E-state index contributed by atoms with van der Waals surface area (Å²) >= 11 is 0. The molecule has 0 radical (unpaired) electrons. The van der Waals surface area contributed by atoms with Crippen LogP contribution >= 0.6 is 0 Å². The zero-order valence-corrected chi connectivity index (χ0v) is 15.7. The van der Waals surface area contributed by atoms with Gasteiger partial charge in [0.1, 0.15) is 12.4 Å². The topological polar surface area (TPSA) is 103 Å². The summed E-state index contributed by atoms with van der Waals surface area (Å²) in [4.78, 5) is 25.1. The summed E-state index contributed by atoms with van der Waals surface area (Å²) in [7, 11) is 3.15. The second kappa shape index (κ2) is 6.33. The van der Waals surface area contributed by atoms with Gasteiger partial charge in [-0.15, -0.1) is 0 Å². The van der Waals surface area contributed by atoms with Crippen molar-refractivity contribution in [3.8, 4) is 11.5 Å². The number of fused-ring (bicyclic) bond motifs is 2. The van der Waals surface area contributed by atoms with Crippen molar-refractivity contribution in [3.05, 3.63) is 12.1 Å². The number of amides is 1. The molecule has 2 fully saturated rings. The summed E-state index contributed by atoms with van der Waals surface area (Å²) in [6.07, 6.45) is 0.552. The number of ether oxygens (including phenoxy) is 3. The number of hydrogen-bond acceptors (Lipinski definition) is 8. The third-order valence-electron chi connectivity index (χ3n) is 5.50. The first-order valence-corrected chi connectivity index (χ1v) is 8.90. The molecule has 4 rings (SSSR count). The maximum Gasteiger partial charge on any atom is 0.410 e. The summed E-state index contributed by atoms with van der Waals surface area (Å²) < 4.78 is 16.0. The van der Waals surface area contributed by atoms with Crippen molar-refractivity contribution in [1.82, 2.24) is 14.9 Å². The van der Waals surface area contributed by atoms with Crippen LogP contribution in [0.1, 0.15) is 13.3 Å². The van der Waals surface area contributed by atoms with Gasteiger partial charge in [0.05, 0.1) is 25.3 Å². The highest BCUT2D eigenvalue weighted by Crippen LogP contribution is 2.36. The minimum absolute atomic E-state index is 0.243. The van der Waals surface area contributed by atoms with Gasteiger partial charge in [-0.05, 0) is 12.5 Å². The van der Waals surface area contributed by atoms with E-state index >= 15 is 0 Å². The van der Waals surface area contributed by atoms with Crippen LogP contribution in [0.2, 0.25) is 0 Å². The number of nitrogens with zero attached hydrogens (tertiary/aromatic N) is 4. The lowest BCUT2D eigenvalue weighted by Crippen LogP contribution is -2.61. The largest absolute Gasteiger partial charge is 0.493 e. The predicted molar refractivity (Wildman–Crippen MR) is 100 cm³/mol. The van der Waals surface area contributed by atoms with Gasteiger partial charge in [0.15, 0.2) is 11.5 Å². The third kappa shape index (κ3) is 2.65. The number of anilines is 2. The predicted octanol–water partition coefficient (Wildman–Crippen LogP) is 1.65. The van der Waals surface area contributed by atoms with E-state index in [4.69, 9.17) is 24.9 Å². The molecule has 27 heavy (non-hydrogen) atoms. The van der Waals surface area contributed by atoms with Gasteiger partial charge in [-0.25, -0.2) is 9.78 Å². The van der Waals surface area contributed by atoms with Crippen LogP contribution < -0.4 is 20.1 Å². The van der Waals surface area contributed by atoms with Crippen molar-refractivity contribution in [2.24, 2.45) is 0 Å². The van der Waals surface area contributed by atoms with Crippen LogP contribution in [0.5, 0.6) is 11.5 Å². The highest BCUT2D eigenvalue weighted by Gasteiger charge is 2.50. The molecule has 1 amide bonds. The molecule has 3 heterocycles. The Bertz CT molecular complexity index is 905. The molecule has 0 saturated carbocycles. The van der Waals surface area contributed by atoms with Crippen molar-refractivity contribution in [2.45, 2.75) is 18.9 Å². The van der Waals surface area contributed by atoms with Crippen molar-refractivity contribution in [3.63, 3.8) is 0 Å². The fourth-order valence-corrected chi connectivity index (χ4v) is 3.84. The second-order valence-corrected chi connectivity index (χ2v) is 6.84. The molecule has 0 aliphatic carbocycles. The molecule has 1 atom stereocenters. The Hall–Kier alpha value is -2.97. The maximum atomic E-state index is 12.0. The Morgan fingerprint density at radius 3 is 2.67 bits per heavy atom. The van der Waals surface area contributed by atoms with E-state index in [0.717, 1.165) is 6.42 Å². The van der Waals surface area contributed by atoms with Crippen LogP contribution in [0.4, 0.5) is 16.6 Å². The van der Waals surface area contributed by atoms with Crippen LogP contribution in [0.15, 0.2) is 12.1 Å². The molecule has 2 aromatic rings. The van der Waals surface area contributed by atoms with Crippen LogP contribution in [-0.4, -0.2) is 67.0 Å². The zero-order chi connectivity index (χ0) is 19.2. The average molecular weight is 373 g/mol. The number of benzene rings is 1. The molecule has 9 nitrogen and oxygen atoms in total. The molecule has 9 heteroatoms. The number of aromatic nitrogens is 2. The standard InChI is InChI=1S/C18H23N5O4/c1-4-18-9-22(5-6-23(18)17(24)27-10-18)16-20-12-8-14(26-3)13(25-2)7-11(12)15(19)21-16/h7-8H,4-6,9-10H2,1-3H3,(H2,19,20,21). The number of rotatable bonds is 4. The monoisotopic (exact) mass is 373 g/mol. The van der Waals surface area contributed by atoms with Crippen LogP contribution in [0.3, 0.4) is 0 Å². The first-order valence-electron chi connectivity index (χ1n) is 8.90. The molecular formula is C18H23N5O4. The molecule has 1 aromatic carbocycles. The third-order valence-corrected chi connectivity index (χ3v) is 5.50. The van der Waals surface area contributed by atoms with E-state index in [1.165, 1.54) is 0 Å². The molecule has 144 valence electrons. The van der Waals surface area contributed by atoms with Crippen LogP contribution in [-0.2, 0) is 4.74 Å².